The van der Waals surface area contributed by atoms with E-state index in [1.807, 2.05) is 6.92 Å². The number of hydrogen-bond acceptors (Lipinski definition) is 2. The molecule has 82 valence electrons. The van der Waals surface area contributed by atoms with Gasteiger partial charge in [-0.1, -0.05) is 13.3 Å². The maximum absolute atomic E-state index is 11.0. The minimum atomic E-state index is -0.185. The second-order valence-corrected chi connectivity index (χ2v) is 4.63. The van der Waals surface area contributed by atoms with Crippen molar-refractivity contribution in [2.45, 2.75) is 52.1 Å². The van der Waals surface area contributed by atoms with Crippen LogP contribution in [0.15, 0.2) is 0 Å². The number of carbonyl (C=O) groups excluding carboxylic acids is 1. The number of amides is 1. The van der Waals surface area contributed by atoms with Crippen molar-refractivity contribution in [2.75, 3.05) is 6.54 Å². The third-order valence-corrected chi connectivity index (χ3v) is 3.35. The standard InChI is InChI=1S/C11H22N2O/c1-8(11(12)14)7-13-9(2)5-4-6-10(13)3/h8-10H,4-7H2,1-3H3,(H2,12,14)/t8?,9-,10+. The van der Waals surface area contributed by atoms with Gasteiger partial charge in [0, 0.05) is 24.5 Å². The van der Waals surface area contributed by atoms with E-state index in [2.05, 4.69) is 18.7 Å². The minimum Gasteiger partial charge on any atom is -0.369 e. The molecule has 1 aliphatic rings. The Morgan fingerprint density at radius 3 is 2.36 bits per heavy atom. The molecule has 1 amide bonds. The zero-order valence-corrected chi connectivity index (χ0v) is 9.49. The lowest BCUT2D eigenvalue weighted by Crippen LogP contribution is -2.47. The fourth-order valence-electron chi connectivity index (χ4n) is 2.24. The Morgan fingerprint density at radius 1 is 1.43 bits per heavy atom. The molecule has 0 saturated carbocycles. The summed E-state index contributed by atoms with van der Waals surface area (Å²) in [6.07, 6.45) is 3.80. The van der Waals surface area contributed by atoms with Crippen molar-refractivity contribution in [1.29, 1.82) is 0 Å². The van der Waals surface area contributed by atoms with E-state index in [1.54, 1.807) is 0 Å². The van der Waals surface area contributed by atoms with Gasteiger partial charge in [0.1, 0.15) is 0 Å². The van der Waals surface area contributed by atoms with Gasteiger partial charge in [0.2, 0.25) is 5.91 Å². The Bertz CT molecular complexity index is 195. The first-order valence-corrected chi connectivity index (χ1v) is 5.57. The molecule has 1 fully saturated rings. The number of hydrogen-bond donors (Lipinski definition) is 1. The zero-order chi connectivity index (χ0) is 10.7. The molecule has 1 aliphatic heterocycles. The molecule has 1 saturated heterocycles. The van der Waals surface area contributed by atoms with E-state index in [9.17, 15) is 4.79 Å². The predicted octanol–water partition coefficient (Wildman–Crippen LogP) is 1.37. The summed E-state index contributed by atoms with van der Waals surface area (Å²) in [6.45, 7) is 7.21. The molecule has 3 heteroatoms. The van der Waals surface area contributed by atoms with Crippen molar-refractivity contribution in [3.8, 4) is 0 Å². The topological polar surface area (TPSA) is 46.3 Å². The number of piperidine rings is 1. The molecule has 0 bridgehead atoms. The Hall–Kier alpha value is -0.570. The lowest BCUT2D eigenvalue weighted by molar-refractivity contribution is -0.122. The maximum atomic E-state index is 11.0. The highest BCUT2D eigenvalue weighted by Gasteiger charge is 2.26. The Labute approximate surface area is 86.6 Å². The molecule has 14 heavy (non-hydrogen) atoms. The summed E-state index contributed by atoms with van der Waals surface area (Å²) in [5.41, 5.74) is 5.28. The summed E-state index contributed by atoms with van der Waals surface area (Å²) >= 11 is 0. The van der Waals surface area contributed by atoms with Gasteiger partial charge in [-0.25, -0.2) is 0 Å². The first-order chi connectivity index (χ1) is 6.52. The second-order valence-electron chi connectivity index (χ2n) is 4.63. The molecular formula is C11H22N2O. The van der Waals surface area contributed by atoms with Crippen LogP contribution in [0.1, 0.15) is 40.0 Å². The molecular weight excluding hydrogens is 176 g/mol. The number of nitrogens with two attached hydrogens (primary N) is 1. The van der Waals surface area contributed by atoms with E-state index in [1.165, 1.54) is 19.3 Å². The van der Waals surface area contributed by atoms with Crippen molar-refractivity contribution in [1.82, 2.24) is 4.90 Å². The van der Waals surface area contributed by atoms with Crippen LogP contribution in [0.3, 0.4) is 0 Å². The van der Waals surface area contributed by atoms with Crippen LogP contribution in [-0.4, -0.2) is 29.4 Å². The maximum Gasteiger partial charge on any atom is 0.221 e. The van der Waals surface area contributed by atoms with Gasteiger partial charge >= 0.3 is 0 Å². The molecule has 1 heterocycles. The normalized spacial score (nSPS) is 31.4. The fraction of sp³-hybridized carbons (Fsp3) is 0.909. The van der Waals surface area contributed by atoms with E-state index in [0.29, 0.717) is 12.1 Å². The van der Waals surface area contributed by atoms with E-state index in [4.69, 9.17) is 5.73 Å². The van der Waals surface area contributed by atoms with Crippen LogP contribution in [0, 0.1) is 5.92 Å². The van der Waals surface area contributed by atoms with Crippen LogP contribution in [-0.2, 0) is 4.79 Å². The molecule has 0 aliphatic carbocycles. The predicted molar refractivity (Wildman–Crippen MR) is 57.8 cm³/mol. The second kappa shape index (κ2) is 4.78. The third kappa shape index (κ3) is 2.71. The highest BCUT2D eigenvalue weighted by atomic mass is 16.1. The van der Waals surface area contributed by atoms with Gasteiger partial charge in [0.15, 0.2) is 0 Å². The zero-order valence-electron chi connectivity index (χ0n) is 9.49. The summed E-state index contributed by atoms with van der Waals surface area (Å²) in [5, 5.41) is 0. The monoisotopic (exact) mass is 198 g/mol. The van der Waals surface area contributed by atoms with Crippen molar-refractivity contribution >= 4 is 5.91 Å². The quantitative estimate of drug-likeness (QED) is 0.744. The van der Waals surface area contributed by atoms with Crippen LogP contribution in [0.2, 0.25) is 0 Å². The van der Waals surface area contributed by atoms with Crippen LogP contribution < -0.4 is 5.73 Å². The van der Waals surface area contributed by atoms with E-state index < -0.39 is 0 Å². The highest BCUT2D eigenvalue weighted by Crippen LogP contribution is 2.23. The molecule has 1 unspecified atom stereocenters. The van der Waals surface area contributed by atoms with Crippen molar-refractivity contribution in [2.24, 2.45) is 11.7 Å². The number of rotatable bonds is 3. The average molecular weight is 198 g/mol. The molecule has 0 aromatic carbocycles. The van der Waals surface area contributed by atoms with Crippen LogP contribution >= 0.6 is 0 Å². The molecule has 1 rings (SSSR count). The van der Waals surface area contributed by atoms with Crippen LogP contribution in [0.4, 0.5) is 0 Å². The molecule has 0 aromatic heterocycles. The van der Waals surface area contributed by atoms with E-state index >= 15 is 0 Å². The van der Waals surface area contributed by atoms with Crippen LogP contribution in [0.25, 0.3) is 0 Å². The average Bonchev–Trinajstić information content (AvgIpc) is 2.11. The summed E-state index contributed by atoms with van der Waals surface area (Å²) in [6, 6.07) is 1.20. The van der Waals surface area contributed by atoms with Gasteiger partial charge in [0.05, 0.1) is 0 Å². The summed E-state index contributed by atoms with van der Waals surface area (Å²) in [5.74, 6) is -0.215. The number of nitrogens with zero attached hydrogens (tertiary/aromatic N) is 1. The molecule has 3 atom stereocenters. The Morgan fingerprint density at radius 2 is 1.93 bits per heavy atom. The Kier molecular flexibility index (Phi) is 3.93. The van der Waals surface area contributed by atoms with Gasteiger partial charge in [-0.15, -0.1) is 0 Å². The number of primary amides is 1. The molecule has 3 nitrogen and oxygen atoms in total. The van der Waals surface area contributed by atoms with Gasteiger partial charge in [-0.3, -0.25) is 9.69 Å². The third-order valence-electron chi connectivity index (χ3n) is 3.35. The first-order valence-electron chi connectivity index (χ1n) is 5.57. The van der Waals surface area contributed by atoms with E-state index in [-0.39, 0.29) is 11.8 Å². The molecule has 0 aromatic rings. The summed E-state index contributed by atoms with van der Waals surface area (Å²) in [4.78, 5) is 13.4. The number of likely N-dealkylation sites (tertiary alicyclic amines) is 1. The molecule has 2 N–H and O–H groups in total. The van der Waals surface area contributed by atoms with Gasteiger partial charge in [0.25, 0.3) is 0 Å². The van der Waals surface area contributed by atoms with Crippen molar-refractivity contribution in [3.05, 3.63) is 0 Å². The van der Waals surface area contributed by atoms with E-state index in [0.717, 1.165) is 6.54 Å². The van der Waals surface area contributed by atoms with Crippen LogP contribution in [0.5, 0.6) is 0 Å². The lowest BCUT2D eigenvalue weighted by Gasteiger charge is -2.40. The Balaban J connectivity index is 2.51. The van der Waals surface area contributed by atoms with Gasteiger partial charge < -0.3 is 5.73 Å². The van der Waals surface area contributed by atoms with Crippen molar-refractivity contribution in [3.63, 3.8) is 0 Å². The minimum absolute atomic E-state index is 0.0296. The summed E-state index contributed by atoms with van der Waals surface area (Å²) in [7, 11) is 0. The first kappa shape index (κ1) is 11.5. The largest absolute Gasteiger partial charge is 0.369 e. The summed E-state index contributed by atoms with van der Waals surface area (Å²) < 4.78 is 0. The number of carbonyl (C=O) groups is 1. The SMILES string of the molecule is CC(CN1[C@H](C)CCC[C@@H]1C)C(N)=O. The fourth-order valence-corrected chi connectivity index (χ4v) is 2.24. The highest BCUT2D eigenvalue weighted by molar-refractivity contribution is 5.76. The molecule has 0 spiro atoms. The van der Waals surface area contributed by atoms with Crippen molar-refractivity contribution < 1.29 is 4.79 Å². The van der Waals surface area contributed by atoms with Gasteiger partial charge in [-0.2, -0.15) is 0 Å². The van der Waals surface area contributed by atoms with Gasteiger partial charge in [-0.05, 0) is 26.7 Å². The molecule has 0 radical (unpaired) electrons. The smallest absolute Gasteiger partial charge is 0.221 e. The lowest BCUT2D eigenvalue weighted by atomic mass is 9.96.